The normalized spacial score (nSPS) is 10.9. The number of rotatable bonds is 11. The van der Waals surface area contributed by atoms with E-state index in [9.17, 15) is 9.59 Å². The molecule has 118 valence electrons. The van der Waals surface area contributed by atoms with Gasteiger partial charge in [0.2, 0.25) is 11.8 Å². The Kier molecular flexibility index (Phi) is 11.1. The fourth-order valence-electron chi connectivity index (χ4n) is 1.70. The van der Waals surface area contributed by atoms with Crippen molar-refractivity contribution in [1.29, 1.82) is 0 Å². The van der Waals surface area contributed by atoms with Gasteiger partial charge in [-0.15, -0.1) is 0 Å². The minimum Gasteiger partial charge on any atom is -0.380 e. The van der Waals surface area contributed by atoms with Gasteiger partial charge in [-0.25, -0.2) is 0 Å². The molecule has 0 aliphatic rings. The number of unbranched alkanes of at least 4 members (excludes halogenated alkanes) is 1. The fourth-order valence-corrected chi connectivity index (χ4v) is 1.70. The first-order chi connectivity index (χ1) is 9.41. The molecule has 0 aromatic carbocycles. The predicted octanol–water partition coefficient (Wildman–Crippen LogP) is 1.86. The SMILES string of the molecule is CC(C)CCCCOCCNC(=O)CC(=O)NC(C)C. The van der Waals surface area contributed by atoms with Crippen molar-refractivity contribution < 1.29 is 14.3 Å². The number of hydrogen-bond acceptors (Lipinski definition) is 3. The van der Waals surface area contributed by atoms with E-state index in [1.165, 1.54) is 12.8 Å². The fraction of sp³-hybridized carbons (Fsp3) is 0.867. The van der Waals surface area contributed by atoms with Gasteiger partial charge in [-0.05, 0) is 26.2 Å². The van der Waals surface area contributed by atoms with Crippen LogP contribution in [0.3, 0.4) is 0 Å². The molecule has 0 aliphatic carbocycles. The molecular weight excluding hydrogens is 256 g/mol. The molecule has 5 nitrogen and oxygen atoms in total. The summed E-state index contributed by atoms with van der Waals surface area (Å²) in [5.74, 6) is 0.241. The molecule has 0 heterocycles. The lowest BCUT2D eigenvalue weighted by atomic mass is 10.1. The summed E-state index contributed by atoms with van der Waals surface area (Å²) in [4.78, 5) is 22.7. The lowest BCUT2D eigenvalue weighted by Gasteiger charge is -2.09. The van der Waals surface area contributed by atoms with Crippen molar-refractivity contribution in [3.63, 3.8) is 0 Å². The summed E-state index contributed by atoms with van der Waals surface area (Å²) in [6.07, 6.45) is 3.35. The van der Waals surface area contributed by atoms with Crippen molar-refractivity contribution in [1.82, 2.24) is 10.6 Å². The van der Waals surface area contributed by atoms with E-state index in [2.05, 4.69) is 24.5 Å². The standard InChI is InChI=1S/C15H30N2O3/c1-12(2)7-5-6-9-20-10-8-16-14(18)11-15(19)17-13(3)4/h12-13H,5-11H2,1-4H3,(H,16,18)(H,17,19). The van der Waals surface area contributed by atoms with Gasteiger partial charge >= 0.3 is 0 Å². The molecule has 2 amide bonds. The van der Waals surface area contributed by atoms with E-state index < -0.39 is 0 Å². The Morgan fingerprint density at radius 1 is 1.00 bits per heavy atom. The van der Waals surface area contributed by atoms with E-state index in [4.69, 9.17) is 4.74 Å². The number of amides is 2. The Hall–Kier alpha value is -1.10. The van der Waals surface area contributed by atoms with E-state index in [0.29, 0.717) is 13.2 Å². The topological polar surface area (TPSA) is 67.4 Å². The summed E-state index contributed by atoms with van der Waals surface area (Å²) in [6.45, 7) is 9.84. The Bertz CT molecular complexity index is 278. The van der Waals surface area contributed by atoms with Gasteiger partial charge in [0.05, 0.1) is 6.61 Å². The van der Waals surface area contributed by atoms with Crippen molar-refractivity contribution in [2.24, 2.45) is 5.92 Å². The average Bonchev–Trinajstić information content (AvgIpc) is 2.30. The highest BCUT2D eigenvalue weighted by Crippen LogP contribution is 2.05. The van der Waals surface area contributed by atoms with Gasteiger partial charge in [0.25, 0.3) is 0 Å². The zero-order chi connectivity index (χ0) is 15.4. The van der Waals surface area contributed by atoms with E-state index in [-0.39, 0.29) is 24.3 Å². The molecule has 0 bridgehead atoms. The monoisotopic (exact) mass is 286 g/mol. The molecular formula is C15H30N2O3. The van der Waals surface area contributed by atoms with Crippen LogP contribution < -0.4 is 10.6 Å². The first kappa shape index (κ1) is 18.9. The third-order valence-corrected chi connectivity index (χ3v) is 2.66. The van der Waals surface area contributed by atoms with Crippen molar-refractivity contribution >= 4 is 11.8 Å². The first-order valence-electron chi connectivity index (χ1n) is 7.55. The van der Waals surface area contributed by atoms with Crippen LogP contribution in [0.2, 0.25) is 0 Å². The molecule has 0 rings (SSSR count). The third kappa shape index (κ3) is 13.3. The van der Waals surface area contributed by atoms with Crippen LogP contribution in [0.4, 0.5) is 0 Å². The lowest BCUT2D eigenvalue weighted by Crippen LogP contribution is -2.36. The molecule has 0 spiro atoms. The Labute approximate surface area is 122 Å². The van der Waals surface area contributed by atoms with Crippen molar-refractivity contribution in [3.8, 4) is 0 Å². The lowest BCUT2D eigenvalue weighted by molar-refractivity contribution is -0.129. The van der Waals surface area contributed by atoms with Crippen molar-refractivity contribution in [3.05, 3.63) is 0 Å². The molecule has 2 N–H and O–H groups in total. The number of hydrogen-bond donors (Lipinski definition) is 2. The summed E-state index contributed by atoms with van der Waals surface area (Å²) in [6, 6.07) is 0.0597. The number of ether oxygens (including phenoxy) is 1. The molecule has 0 radical (unpaired) electrons. The smallest absolute Gasteiger partial charge is 0.229 e. The van der Waals surface area contributed by atoms with Crippen LogP contribution in [0.15, 0.2) is 0 Å². The quantitative estimate of drug-likeness (QED) is 0.450. The van der Waals surface area contributed by atoms with Crippen LogP contribution >= 0.6 is 0 Å². The highest BCUT2D eigenvalue weighted by atomic mass is 16.5. The van der Waals surface area contributed by atoms with Crippen LogP contribution in [0.1, 0.15) is 53.4 Å². The molecule has 0 saturated carbocycles. The zero-order valence-electron chi connectivity index (χ0n) is 13.3. The average molecular weight is 286 g/mol. The van der Waals surface area contributed by atoms with Crippen molar-refractivity contribution in [2.45, 2.75) is 59.4 Å². The maximum absolute atomic E-state index is 11.4. The molecule has 0 aliphatic heterocycles. The molecule has 0 atom stereocenters. The first-order valence-corrected chi connectivity index (χ1v) is 7.55. The number of nitrogens with one attached hydrogen (secondary N) is 2. The second kappa shape index (κ2) is 11.7. The van der Waals surface area contributed by atoms with Gasteiger partial charge in [-0.1, -0.05) is 26.7 Å². The zero-order valence-corrected chi connectivity index (χ0v) is 13.3. The molecule has 0 unspecified atom stereocenters. The molecule has 5 heteroatoms. The summed E-state index contributed by atoms with van der Waals surface area (Å²) in [5, 5.41) is 5.35. The second-order valence-electron chi connectivity index (χ2n) is 5.75. The van der Waals surface area contributed by atoms with Gasteiger partial charge in [-0.2, -0.15) is 0 Å². The highest BCUT2D eigenvalue weighted by Gasteiger charge is 2.09. The summed E-state index contributed by atoms with van der Waals surface area (Å²) >= 11 is 0. The van der Waals surface area contributed by atoms with Crippen molar-refractivity contribution in [2.75, 3.05) is 19.8 Å². The maximum Gasteiger partial charge on any atom is 0.229 e. The van der Waals surface area contributed by atoms with Crippen LogP contribution in [0.5, 0.6) is 0 Å². The minimum absolute atomic E-state index is 0.0597. The van der Waals surface area contributed by atoms with Crippen LogP contribution in [0, 0.1) is 5.92 Å². The van der Waals surface area contributed by atoms with Gasteiger partial charge < -0.3 is 15.4 Å². The minimum atomic E-state index is -0.258. The number of carbonyl (C=O) groups excluding carboxylic acids is 2. The van der Waals surface area contributed by atoms with E-state index in [1.807, 2.05) is 13.8 Å². The largest absolute Gasteiger partial charge is 0.380 e. The number of carbonyl (C=O) groups is 2. The third-order valence-electron chi connectivity index (χ3n) is 2.66. The molecule has 0 aromatic heterocycles. The van der Waals surface area contributed by atoms with E-state index >= 15 is 0 Å². The second-order valence-corrected chi connectivity index (χ2v) is 5.75. The van der Waals surface area contributed by atoms with Gasteiger partial charge in [0.1, 0.15) is 6.42 Å². The summed E-state index contributed by atoms with van der Waals surface area (Å²) in [7, 11) is 0. The van der Waals surface area contributed by atoms with E-state index in [0.717, 1.165) is 18.9 Å². The summed E-state index contributed by atoms with van der Waals surface area (Å²) in [5.41, 5.74) is 0. The maximum atomic E-state index is 11.4. The van der Waals surface area contributed by atoms with E-state index in [1.54, 1.807) is 0 Å². The van der Waals surface area contributed by atoms with Crippen LogP contribution in [-0.2, 0) is 14.3 Å². The van der Waals surface area contributed by atoms with Gasteiger partial charge in [0.15, 0.2) is 0 Å². The molecule has 0 aromatic rings. The molecule has 20 heavy (non-hydrogen) atoms. The Balaban J connectivity index is 3.37. The van der Waals surface area contributed by atoms with Gasteiger partial charge in [-0.3, -0.25) is 9.59 Å². The van der Waals surface area contributed by atoms with Crippen LogP contribution in [0.25, 0.3) is 0 Å². The molecule has 0 fully saturated rings. The van der Waals surface area contributed by atoms with Crippen LogP contribution in [-0.4, -0.2) is 37.6 Å². The Morgan fingerprint density at radius 3 is 2.30 bits per heavy atom. The Morgan fingerprint density at radius 2 is 1.70 bits per heavy atom. The molecule has 0 saturated heterocycles. The summed E-state index contributed by atoms with van der Waals surface area (Å²) < 4.78 is 5.42. The highest BCUT2D eigenvalue weighted by molar-refractivity contribution is 5.96. The predicted molar refractivity (Wildman–Crippen MR) is 80.4 cm³/mol. The van der Waals surface area contributed by atoms with Gasteiger partial charge in [0, 0.05) is 19.2 Å².